The van der Waals surface area contributed by atoms with E-state index in [2.05, 4.69) is 0 Å². The molecule has 7 nitrogen and oxygen atoms in total. The fourth-order valence-electron chi connectivity index (χ4n) is 2.47. The summed E-state index contributed by atoms with van der Waals surface area (Å²) in [7, 11) is 4.81. The number of nitro benzene ring substituents is 1. The summed E-state index contributed by atoms with van der Waals surface area (Å²) in [6.07, 6.45) is 0. The Morgan fingerprint density at radius 3 is 2.20 bits per heavy atom. The molecule has 0 saturated carbocycles. The van der Waals surface area contributed by atoms with Crippen LogP contribution in [0.15, 0.2) is 36.4 Å². The van der Waals surface area contributed by atoms with Gasteiger partial charge in [0.2, 0.25) is 0 Å². The zero-order valence-electron chi connectivity index (χ0n) is 14.6. The van der Waals surface area contributed by atoms with E-state index in [1.54, 1.807) is 26.2 Å². The standard InChI is InChI=1S/C18H20N2O5/c1-12-9-16(24-3)17(25-4)10-14(12)11-19(2)18(21)13-5-7-15(8-6-13)20(22)23/h5-10H,11H2,1-4H3. The molecular weight excluding hydrogens is 324 g/mol. The van der Waals surface area contributed by atoms with Crippen LogP contribution in [0.5, 0.6) is 11.5 Å². The lowest BCUT2D eigenvalue weighted by molar-refractivity contribution is -0.384. The number of carbonyl (C=O) groups is 1. The average Bonchev–Trinajstić information content (AvgIpc) is 2.62. The number of aryl methyl sites for hydroxylation is 1. The van der Waals surface area contributed by atoms with Gasteiger partial charge in [-0.2, -0.15) is 0 Å². The van der Waals surface area contributed by atoms with Gasteiger partial charge in [0.1, 0.15) is 0 Å². The number of hydrogen-bond donors (Lipinski definition) is 0. The topological polar surface area (TPSA) is 81.9 Å². The van der Waals surface area contributed by atoms with E-state index in [0.717, 1.165) is 11.1 Å². The Balaban J connectivity index is 2.19. The van der Waals surface area contributed by atoms with Gasteiger partial charge in [-0.05, 0) is 42.3 Å². The van der Waals surface area contributed by atoms with Gasteiger partial charge in [-0.25, -0.2) is 0 Å². The fourth-order valence-corrected chi connectivity index (χ4v) is 2.47. The third-order valence-electron chi connectivity index (χ3n) is 3.92. The second kappa shape index (κ2) is 7.65. The van der Waals surface area contributed by atoms with E-state index in [1.807, 2.05) is 19.1 Å². The van der Waals surface area contributed by atoms with Gasteiger partial charge in [0.25, 0.3) is 11.6 Å². The number of non-ortho nitro benzene ring substituents is 1. The molecule has 1 amide bonds. The van der Waals surface area contributed by atoms with Gasteiger partial charge in [-0.1, -0.05) is 0 Å². The van der Waals surface area contributed by atoms with Gasteiger partial charge in [-0.3, -0.25) is 14.9 Å². The number of rotatable bonds is 6. The number of nitro groups is 1. The van der Waals surface area contributed by atoms with Crippen molar-refractivity contribution in [2.24, 2.45) is 0 Å². The normalized spacial score (nSPS) is 10.2. The first-order valence-corrected chi connectivity index (χ1v) is 7.58. The first-order valence-electron chi connectivity index (χ1n) is 7.58. The summed E-state index contributed by atoms with van der Waals surface area (Å²) in [5.41, 5.74) is 2.25. The predicted octanol–water partition coefficient (Wildman–Crippen LogP) is 3.19. The number of amides is 1. The minimum absolute atomic E-state index is 0.0464. The number of ether oxygens (including phenoxy) is 2. The zero-order valence-corrected chi connectivity index (χ0v) is 14.6. The molecule has 0 unspecified atom stereocenters. The van der Waals surface area contributed by atoms with E-state index >= 15 is 0 Å². The van der Waals surface area contributed by atoms with Crippen LogP contribution in [-0.2, 0) is 6.54 Å². The van der Waals surface area contributed by atoms with E-state index in [-0.39, 0.29) is 11.6 Å². The predicted molar refractivity (Wildman–Crippen MR) is 93.2 cm³/mol. The maximum Gasteiger partial charge on any atom is 0.269 e. The lowest BCUT2D eigenvalue weighted by Gasteiger charge is -2.20. The highest BCUT2D eigenvalue weighted by Gasteiger charge is 2.16. The maximum atomic E-state index is 12.5. The second-order valence-electron chi connectivity index (χ2n) is 5.60. The minimum atomic E-state index is -0.495. The van der Waals surface area contributed by atoms with E-state index in [4.69, 9.17) is 9.47 Å². The molecule has 132 valence electrons. The van der Waals surface area contributed by atoms with Crippen LogP contribution in [0.4, 0.5) is 5.69 Å². The molecule has 0 spiro atoms. The third-order valence-corrected chi connectivity index (χ3v) is 3.92. The van der Waals surface area contributed by atoms with Crippen LogP contribution >= 0.6 is 0 Å². The highest BCUT2D eigenvalue weighted by molar-refractivity contribution is 5.94. The van der Waals surface area contributed by atoms with Crippen molar-refractivity contribution in [3.05, 3.63) is 63.2 Å². The Labute approximate surface area is 145 Å². The van der Waals surface area contributed by atoms with Gasteiger partial charge in [0.05, 0.1) is 19.1 Å². The van der Waals surface area contributed by atoms with E-state index in [9.17, 15) is 14.9 Å². The Morgan fingerprint density at radius 2 is 1.68 bits per heavy atom. The molecule has 0 aliphatic rings. The van der Waals surface area contributed by atoms with Gasteiger partial charge in [-0.15, -0.1) is 0 Å². The summed E-state index contributed by atoms with van der Waals surface area (Å²) in [5.74, 6) is 1.01. The van der Waals surface area contributed by atoms with Crippen molar-refractivity contribution >= 4 is 11.6 Å². The number of carbonyl (C=O) groups excluding carboxylic acids is 1. The van der Waals surface area contributed by atoms with Crippen molar-refractivity contribution < 1.29 is 19.2 Å². The smallest absolute Gasteiger partial charge is 0.269 e. The molecular formula is C18H20N2O5. The van der Waals surface area contributed by atoms with Crippen LogP contribution in [0.2, 0.25) is 0 Å². The highest BCUT2D eigenvalue weighted by atomic mass is 16.6. The van der Waals surface area contributed by atoms with Gasteiger partial charge >= 0.3 is 0 Å². The lowest BCUT2D eigenvalue weighted by atomic mass is 10.1. The maximum absolute atomic E-state index is 12.5. The van der Waals surface area contributed by atoms with Crippen LogP contribution in [0.25, 0.3) is 0 Å². The minimum Gasteiger partial charge on any atom is -0.493 e. The number of methoxy groups -OCH3 is 2. The summed E-state index contributed by atoms with van der Waals surface area (Å²) >= 11 is 0. The Kier molecular flexibility index (Phi) is 5.59. The first-order chi connectivity index (χ1) is 11.9. The number of nitrogens with zero attached hydrogens (tertiary/aromatic N) is 2. The molecule has 25 heavy (non-hydrogen) atoms. The molecule has 0 fully saturated rings. The van der Waals surface area contributed by atoms with Crippen molar-refractivity contribution in [2.75, 3.05) is 21.3 Å². The molecule has 0 aromatic heterocycles. The van der Waals surface area contributed by atoms with Crippen LogP contribution in [0.1, 0.15) is 21.5 Å². The summed E-state index contributed by atoms with van der Waals surface area (Å²) in [6, 6.07) is 9.26. The monoisotopic (exact) mass is 344 g/mol. The van der Waals surface area contributed by atoms with Crippen LogP contribution in [-0.4, -0.2) is 37.0 Å². The SMILES string of the molecule is COc1cc(C)c(CN(C)C(=O)c2ccc([N+](=O)[O-])cc2)cc1OC. The van der Waals surface area contributed by atoms with Crippen LogP contribution in [0, 0.1) is 17.0 Å². The van der Waals surface area contributed by atoms with E-state index in [1.165, 1.54) is 24.3 Å². The Morgan fingerprint density at radius 1 is 1.12 bits per heavy atom. The average molecular weight is 344 g/mol. The summed E-state index contributed by atoms with van der Waals surface area (Å²) < 4.78 is 10.6. The molecule has 7 heteroatoms. The molecule has 0 aliphatic heterocycles. The van der Waals surface area contributed by atoms with Crippen molar-refractivity contribution in [2.45, 2.75) is 13.5 Å². The number of benzene rings is 2. The number of hydrogen-bond acceptors (Lipinski definition) is 5. The first kappa shape index (κ1) is 18.3. The van der Waals surface area contributed by atoms with Crippen molar-refractivity contribution in [3.8, 4) is 11.5 Å². The van der Waals surface area contributed by atoms with Gasteiger partial charge in [0, 0.05) is 31.3 Å². The second-order valence-corrected chi connectivity index (χ2v) is 5.60. The Hall–Kier alpha value is -3.09. The fraction of sp³-hybridized carbons (Fsp3) is 0.278. The molecule has 0 atom stereocenters. The molecule has 0 saturated heterocycles. The lowest BCUT2D eigenvalue weighted by Crippen LogP contribution is -2.26. The molecule has 0 bridgehead atoms. The van der Waals surface area contributed by atoms with Crippen molar-refractivity contribution in [1.29, 1.82) is 0 Å². The van der Waals surface area contributed by atoms with Gasteiger partial charge in [0.15, 0.2) is 11.5 Å². The highest BCUT2D eigenvalue weighted by Crippen LogP contribution is 2.30. The van der Waals surface area contributed by atoms with Crippen LogP contribution < -0.4 is 9.47 Å². The van der Waals surface area contributed by atoms with E-state index < -0.39 is 4.92 Å². The molecule has 2 aromatic rings. The summed E-state index contributed by atoms with van der Waals surface area (Å²) in [5, 5.41) is 10.7. The largest absolute Gasteiger partial charge is 0.493 e. The molecule has 2 rings (SSSR count). The molecule has 0 aliphatic carbocycles. The van der Waals surface area contributed by atoms with Crippen molar-refractivity contribution in [1.82, 2.24) is 4.90 Å². The van der Waals surface area contributed by atoms with Gasteiger partial charge < -0.3 is 14.4 Å². The molecule has 0 heterocycles. The summed E-state index contributed by atoms with van der Waals surface area (Å²) in [6.45, 7) is 2.31. The van der Waals surface area contributed by atoms with Crippen LogP contribution in [0.3, 0.4) is 0 Å². The Bertz CT molecular complexity index is 787. The molecule has 2 aromatic carbocycles. The zero-order chi connectivity index (χ0) is 18.6. The summed E-state index contributed by atoms with van der Waals surface area (Å²) in [4.78, 5) is 24.3. The third kappa shape index (κ3) is 4.06. The quantitative estimate of drug-likeness (QED) is 0.594. The van der Waals surface area contributed by atoms with Crippen molar-refractivity contribution in [3.63, 3.8) is 0 Å². The molecule has 0 N–H and O–H groups in total. The molecule has 0 radical (unpaired) electrons. The van der Waals surface area contributed by atoms with E-state index in [0.29, 0.717) is 23.6 Å².